The van der Waals surface area contributed by atoms with Gasteiger partial charge in [0.2, 0.25) is 12.6 Å². The van der Waals surface area contributed by atoms with Gasteiger partial charge in [0.05, 0.1) is 11.5 Å². The van der Waals surface area contributed by atoms with Gasteiger partial charge in [-0.2, -0.15) is 4.57 Å². The van der Waals surface area contributed by atoms with Gasteiger partial charge < -0.3 is 30.9 Å². The lowest BCUT2D eigenvalue weighted by molar-refractivity contribution is -0.769. The summed E-state index contributed by atoms with van der Waals surface area (Å²) in [6, 6.07) is 5.55. The molecule has 2 aromatic rings. The number of primary amides is 1. The standard InChI is InChI=1S/C16H18N4O8/c17-14(24)11-15(25)19(16-13(23)12(22)10(6-21)28-16)7-18(11)5-8-1-3-9(4-2-8)20(26)27/h1-4,7,10,12-13,16,21-23H,5-6H2,(H2-,17,24,25)/p+1/t10-,12-,13-,16-/m1/s1. The van der Waals surface area contributed by atoms with Crippen LogP contribution in [0.4, 0.5) is 5.69 Å². The summed E-state index contributed by atoms with van der Waals surface area (Å²) in [6.07, 6.45) is -3.93. The first kappa shape index (κ1) is 19.7. The number of non-ortho nitro benzene ring substituents is 1. The molecule has 0 saturated carbocycles. The topological polar surface area (TPSA) is 185 Å². The van der Waals surface area contributed by atoms with E-state index in [1.54, 1.807) is 0 Å². The van der Waals surface area contributed by atoms with Crippen LogP contribution < -0.4 is 10.3 Å². The maximum absolute atomic E-state index is 11.8. The van der Waals surface area contributed by atoms with E-state index in [2.05, 4.69) is 0 Å². The molecule has 1 aliphatic rings. The van der Waals surface area contributed by atoms with Gasteiger partial charge in [0.25, 0.3) is 17.3 Å². The molecule has 150 valence electrons. The summed E-state index contributed by atoms with van der Waals surface area (Å²) in [5, 5.41) is 50.4. The maximum atomic E-state index is 11.8. The zero-order valence-electron chi connectivity index (χ0n) is 14.5. The first-order chi connectivity index (χ1) is 13.2. The number of aromatic hydroxyl groups is 1. The Labute approximate surface area is 157 Å². The molecule has 12 nitrogen and oxygen atoms in total. The van der Waals surface area contributed by atoms with E-state index in [0.717, 1.165) is 4.57 Å². The van der Waals surface area contributed by atoms with Crippen molar-refractivity contribution in [1.82, 2.24) is 4.57 Å². The van der Waals surface area contributed by atoms with Crippen molar-refractivity contribution in [1.29, 1.82) is 0 Å². The molecule has 1 saturated heterocycles. The molecule has 1 aromatic carbocycles. The highest BCUT2D eigenvalue weighted by Crippen LogP contribution is 2.28. The van der Waals surface area contributed by atoms with Crippen molar-refractivity contribution in [3.63, 3.8) is 0 Å². The van der Waals surface area contributed by atoms with Crippen LogP contribution in [0.1, 0.15) is 22.3 Å². The number of aliphatic hydroxyl groups excluding tert-OH is 3. The summed E-state index contributed by atoms with van der Waals surface area (Å²) in [5.41, 5.74) is 5.54. The SMILES string of the molecule is NC(=O)c1c(O)[n+]([C@@H]2O[C@H](CO)[C@@H](O)[C@H]2O)cn1Cc1ccc([N+](=O)[O-])cc1. The van der Waals surface area contributed by atoms with Gasteiger partial charge in [0.1, 0.15) is 24.9 Å². The summed E-state index contributed by atoms with van der Waals surface area (Å²) in [6.45, 7) is -0.520. The van der Waals surface area contributed by atoms with Gasteiger partial charge in [0.15, 0.2) is 0 Å². The Kier molecular flexibility index (Phi) is 5.29. The van der Waals surface area contributed by atoms with Crippen molar-refractivity contribution in [3.8, 4) is 5.88 Å². The number of aromatic nitrogens is 2. The van der Waals surface area contributed by atoms with Crippen molar-refractivity contribution >= 4 is 11.6 Å². The lowest BCUT2D eigenvalue weighted by Gasteiger charge is -2.11. The summed E-state index contributed by atoms with van der Waals surface area (Å²) in [5.74, 6) is -1.55. The average molecular weight is 395 g/mol. The molecular weight excluding hydrogens is 376 g/mol. The number of amides is 1. The Morgan fingerprint density at radius 2 is 1.93 bits per heavy atom. The minimum absolute atomic E-state index is 0.0334. The number of nitrogens with zero attached hydrogens (tertiary/aromatic N) is 3. The highest BCUT2D eigenvalue weighted by Gasteiger charge is 2.48. The second-order valence-corrected chi connectivity index (χ2v) is 6.34. The maximum Gasteiger partial charge on any atom is 0.338 e. The number of hydrogen-bond acceptors (Lipinski definition) is 8. The molecule has 28 heavy (non-hydrogen) atoms. The Bertz CT molecular complexity index is 897. The average Bonchev–Trinajstić information content (AvgIpc) is 3.12. The molecule has 0 spiro atoms. The summed E-state index contributed by atoms with van der Waals surface area (Å²) in [4.78, 5) is 22.0. The molecule has 1 aromatic heterocycles. The number of nitro benzene ring substituents is 1. The van der Waals surface area contributed by atoms with Gasteiger partial charge in [-0.1, -0.05) is 0 Å². The Balaban J connectivity index is 1.95. The third-order valence-electron chi connectivity index (χ3n) is 4.53. The van der Waals surface area contributed by atoms with Crippen molar-refractivity contribution in [3.05, 3.63) is 52.0 Å². The second-order valence-electron chi connectivity index (χ2n) is 6.34. The van der Waals surface area contributed by atoms with Gasteiger partial charge >= 0.3 is 5.88 Å². The van der Waals surface area contributed by atoms with E-state index in [0.29, 0.717) is 5.56 Å². The van der Waals surface area contributed by atoms with Crippen LogP contribution in [0, 0.1) is 10.1 Å². The number of hydrogen-bond donors (Lipinski definition) is 5. The second kappa shape index (κ2) is 7.52. The lowest BCUT2D eigenvalue weighted by Crippen LogP contribution is -2.45. The van der Waals surface area contributed by atoms with E-state index in [9.17, 15) is 35.3 Å². The number of benzene rings is 1. The van der Waals surface area contributed by atoms with Crippen LogP contribution in [0.2, 0.25) is 0 Å². The van der Waals surface area contributed by atoms with Crippen molar-refractivity contribution in [2.75, 3.05) is 6.61 Å². The molecule has 0 bridgehead atoms. The molecule has 1 fully saturated rings. The van der Waals surface area contributed by atoms with Crippen LogP contribution in [0.15, 0.2) is 30.6 Å². The number of imidazole rings is 1. The van der Waals surface area contributed by atoms with Crippen LogP contribution in [0.25, 0.3) is 0 Å². The van der Waals surface area contributed by atoms with Crippen molar-refractivity contribution < 1.29 is 39.4 Å². The monoisotopic (exact) mass is 395 g/mol. The molecule has 1 aliphatic heterocycles. The fourth-order valence-electron chi connectivity index (χ4n) is 3.10. The zero-order chi connectivity index (χ0) is 20.6. The largest absolute Gasteiger partial charge is 0.474 e. The van der Waals surface area contributed by atoms with Crippen LogP contribution >= 0.6 is 0 Å². The lowest BCUT2D eigenvalue weighted by atomic mass is 10.1. The Morgan fingerprint density at radius 3 is 2.43 bits per heavy atom. The molecular formula is C16H19N4O8+. The minimum atomic E-state index is -1.47. The van der Waals surface area contributed by atoms with Crippen LogP contribution in [-0.2, 0) is 11.3 Å². The third kappa shape index (κ3) is 3.41. The molecule has 0 unspecified atom stereocenters. The summed E-state index contributed by atoms with van der Waals surface area (Å²) < 4.78 is 7.66. The molecule has 1 amide bonds. The minimum Gasteiger partial charge on any atom is -0.474 e. The van der Waals surface area contributed by atoms with E-state index in [1.165, 1.54) is 35.2 Å². The van der Waals surface area contributed by atoms with E-state index in [-0.39, 0.29) is 17.9 Å². The van der Waals surface area contributed by atoms with Crippen molar-refractivity contribution in [2.24, 2.45) is 5.73 Å². The highest BCUT2D eigenvalue weighted by molar-refractivity contribution is 5.92. The number of rotatable bonds is 6. The fraction of sp³-hybridized carbons (Fsp3) is 0.375. The van der Waals surface area contributed by atoms with E-state index in [1.807, 2.05) is 0 Å². The van der Waals surface area contributed by atoms with Gasteiger partial charge in [-0.25, -0.2) is 4.57 Å². The molecule has 0 aliphatic carbocycles. The molecule has 6 N–H and O–H groups in total. The normalized spacial score (nSPS) is 24.4. The first-order valence-electron chi connectivity index (χ1n) is 8.23. The van der Waals surface area contributed by atoms with Crippen molar-refractivity contribution in [2.45, 2.75) is 31.1 Å². The Morgan fingerprint density at radius 1 is 1.29 bits per heavy atom. The molecule has 0 radical (unpaired) electrons. The van der Waals surface area contributed by atoms with Gasteiger partial charge in [0, 0.05) is 12.1 Å². The molecule has 4 atom stereocenters. The van der Waals surface area contributed by atoms with E-state index >= 15 is 0 Å². The van der Waals surface area contributed by atoms with Crippen LogP contribution in [0.3, 0.4) is 0 Å². The molecule has 3 rings (SSSR count). The summed E-state index contributed by atoms with van der Waals surface area (Å²) >= 11 is 0. The highest BCUT2D eigenvalue weighted by atomic mass is 16.6. The number of ether oxygens (including phenoxy) is 1. The first-order valence-corrected chi connectivity index (χ1v) is 8.23. The molecule has 2 heterocycles. The number of aliphatic hydroxyl groups is 3. The Hall–Kier alpha value is -3.06. The third-order valence-corrected chi connectivity index (χ3v) is 4.53. The molecule has 12 heteroatoms. The summed E-state index contributed by atoms with van der Waals surface area (Å²) in [7, 11) is 0. The predicted molar refractivity (Wildman–Crippen MR) is 90.0 cm³/mol. The van der Waals surface area contributed by atoms with Crippen LogP contribution in [0.5, 0.6) is 5.88 Å². The fourth-order valence-corrected chi connectivity index (χ4v) is 3.10. The van der Waals surface area contributed by atoms with Gasteiger partial charge in [-0.3, -0.25) is 14.9 Å². The number of carbonyl (C=O) groups is 1. The quantitative estimate of drug-likeness (QED) is 0.214. The zero-order valence-corrected chi connectivity index (χ0v) is 14.5. The van der Waals surface area contributed by atoms with Gasteiger partial charge in [-0.05, 0) is 17.7 Å². The number of nitrogens with two attached hydrogens (primary N) is 1. The van der Waals surface area contributed by atoms with Crippen LogP contribution in [-0.4, -0.2) is 60.7 Å². The van der Waals surface area contributed by atoms with E-state index in [4.69, 9.17) is 10.5 Å². The number of carbonyl (C=O) groups excluding carboxylic acids is 1. The van der Waals surface area contributed by atoms with E-state index < -0.39 is 47.9 Å². The smallest absolute Gasteiger partial charge is 0.338 e. The van der Waals surface area contributed by atoms with Gasteiger partial charge in [-0.15, -0.1) is 0 Å². The number of nitro groups is 1. The predicted octanol–water partition coefficient (Wildman–Crippen LogP) is -1.85.